The quantitative estimate of drug-likeness (QED) is 0.395. The predicted molar refractivity (Wildman–Crippen MR) is 143 cm³/mol. The molecule has 0 radical (unpaired) electrons. The number of amides is 2. The first-order chi connectivity index (χ1) is 17.3. The Balaban J connectivity index is 1.61. The zero-order valence-electron chi connectivity index (χ0n) is 20.4. The van der Waals surface area contributed by atoms with E-state index in [2.05, 4.69) is 21.9 Å². The van der Waals surface area contributed by atoms with Crippen molar-refractivity contribution in [3.8, 4) is 22.4 Å². The molecule has 0 bridgehead atoms. The van der Waals surface area contributed by atoms with E-state index in [1.165, 1.54) is 6.33 Å². The third kappa shape index (κ3) is 4.11. The van der Waals surface area contributed by atoms with Gasteiger partial charge in [0.25, 0.3) is 5.91 Å². The van der Waals surface area contributed by atoms with Gasteiger partial charge in [0.05, 0.1) is 11.1 Å². The first-order valence-corrected chi connectivity index (χ1v) is 11.9. The van der Waals surface area contributed by atoms with Gasteiger partial charge in [0, 0.05) is 42.5 Å². The summed E-state index contributed by atoms with van der Waals surface area (Å²) in [5.41, 5.74) is 12.8. The van der Waals surface area contributed by atoms with Crippen LogP contribution in [0.25, 0.3) is 33.4 Å². The average Bonchev–Trinajstić information content (AvgIpc) is 3.18. The molecule has 0 atom stereocenters. The van der Waals surface area contributed by atoms with Gasteiger partial charge in [0.15, 0.2) is 0 Å². The van der Waals surface area contributed by atoms with Crippen LogP contribution in [0.5, 0.6) is 0 Å². The molecule has 5 rings (SSSR count). The maximum Gasteiger partial charge on any atom is 0.250 e. The number of piperidine rings is 1. The van der Waals surface area contributed by atoms with Crippen molar-refractivity contribution in [2.75, 3.05) is 22.5 Å². The molecule has 8 heteroatoms. The molecule has 1 aliphatic heterocycles. The molecule has 0 unspecified atom stereocenters. The van der Waals surface area contributed by atoms with Crippen molar-refractivity contribution >= 4 is 40.0 Å². The van der Waals surface area contributed by atoms with Gasteiger partial charge in [0.2, 0.25) is 5.91 Å². The number of nitrogens with two attached hydrogens (primary N) is 1. The topological polar surface area (TPSA) is 106 Å². The lowest BCUT2D eigenvalue weighted by molar-refractivity contribution is -0.119. The molecule has 2 amide bonds. The second-order valence-electron chi connectivity index (χ2n) is 9.10. The summed E-state index contributed by atoms with van der Waals surface area (Å²) in [4.78, 5) is 35.0. The molecule has 3 heterocycles. The van der Waals surface area contributed by atoms with Crippen LogP contribution in [0.2, 0.25) is 0 Å². The highest BCUT2D eigenvalue weighted by atomic mass is 16.2. The number of nitrogens with zero attached hydrogens (tertiary/aromatic N) is 4. The number of aryl methyl sites for hydroxylation is 1. The molecule has 4 aromatic rings. The van der Waals surface area contributed by atoms with Crippen LogP contribution in [0.3, 0.4) is 0 Å². The van der Waals surface area contributed by atoms with Crippen molar-refractivity contribution in [1.82, 2.24) is 14.5 Å². The van der Waals surface area contributed by atoms with Gasteiger partial charge in [-0.2, -0.15) is 0 Å². The van der Waals surface area contributed by atoms with Crippen molar-refractivity contribution in [1.29, 1.82) is 0 Å². The molecule has 36 heavy (non-hydrogen) atoms. The summed E-state index contributed by atoms with van der Waals surface area (Å²) in [7, 11) is 1.95. The molecule has 8 nitrogen and oxygen atoms in total. The van der Waals surface area contributed by atoms with Gasteiger partial charge in [-0.05, 0) is 55.2 Å². The number of carbonyl (C=O) groups excluding carboxylic acids is 2. The van der Waals surface area contributed by atoms with Crippen LogP contribution in [0.1, 0.15) is 26.2 Å². The number of hydrogen-bond donors (Lipinski definition) is 2. The lowest BCUT2D eigenvalue weighted by Gasteiger charge is -2.27. The second-order valence-corrected chi connectivity index (χ2v) is 9.10. The predicted octanol–water partition coefficient (Wildman–Crippen LogP) is 4.92. The number of nitrogens with one attached hydrogen (secondary N) is 1. The highest BCUT2D eigenvalue weighted by Crippen LogP contribution is 2.42. The van der Waals surface area contributed by atoms with Crippen LogP contribution in [0.4, 0.5) is 17.2 Å². The van der Waals surface area contributed by atoms with Gasteiger partial charge >= 0.3 is 0 Å². The average molecular weight is 481 g/mol. The molecule has 2 aromatic carbocycles. The Morgan fingerprint density at radius 3 is 2.39 bits per heavy atom. The highest BCUT2D eigenvalue weighted by molar-refractivity contribution is 6.08. The number of aromatic nitrogens is 3. The van der Waals surface area contributed by atoms with Crippen LogP contribution in [-0.4, -0.2) is 32.9 Å². The summed E-state index contributed by atoms with van der Waals surface area (Å²) in [5.74, 6) is 0.345. The van der Waals surface area contributed by atoms with Crippen LogP contribution in [0.15, 0.2) is 67.0 Å². The first-order valence-electron chi connectivity index (χ1n) is 11.9. The molecule has 1 saturated heterocycles. The number of nitrogen functional groups attached to an aromatic ring is 1. The van der Waals surface area contributed by atoms with Crippen molar-refractivity contribution < 1.29 is 9.59 Å². The van der Waals surface area contributed by atoms with Gasteiger partial charge in [-0.15, -0.1) is 0 Å². The van der Waals surface area contributed by atoms with E-state index in [4.69, 9.17) is 5.73 Å². The van der Waals surface area contributed by atoms with E-state index in [0.717, 1.165) is 58.5 Å². The minimum Gasteiger partial charge on any atom is -0.383 e. The third-order valence-corrected chi connectivity index (χ3v) is 6.59. The number of rotatable bonds is 5. The van der Waals surface area contributed by atoms with Gasteiger partial charge in [0.1, 0.15) is 17.8 Å². The van der Waals surface area contributed by atoms with E-state index >= 15 is 0 Å². The second kappa shape index (κ2) is 9.30. The molecular weight excluding hydrogens is 452 g/mol. The maximum absolute atomic E-state index is 12.4. The maximum atomic E-state index is 12.4. The van der Waals surface area contributed by atoms with E-state index in [1.807, 2.05) is 65.0 Å². The van der Waals surface area contributed by atoms with Crippen molar-refractivity contribution in [2.45, 2.75) is 26.2 Å². The molecular formula is C28H28N6O2. The SMILES string of the molecule is C=C(C)C(=O)Nc1ccc(-c2c(-c3ccc(N4CCCCC4=O)cc3)c3c(N)ncnc3n2C)cc1. The molecule has 3 N–H and O–H groups in total. The fraction of sp³-hybridized carbons (Fsp3) is 0.214. The van der Waals surface area contributed by atoms with Crippen molar-refractivity contribution in [3.63, 3.8) is 0 Å². The number of carbonyl (C=O) groups is 2. The van der Waals surface area contributed by atoms with Crippen LogP contribution < -0.4 is 16.0 Å². The smallest absolute Gasteiger partial charge is 0.250 e. The number of anilines is 3. The van der Waals surface area contributed by atoms with Gasteiger partial charge in [-0.1, -0.05) is 30.8 Å². The van der Waals surface area contributed by atoms with Crippen LogP contribution >= 0.6 is 0 Å². The summed E-state index contributed by atoms with van der Waals surface area (Å²) in [6.45, 7) is 6.10. The van der Waals surface area contributed by atoms with Gasteiger partial charge in [-0.25, -0.2) is 9.97 Å². The Morgan fingerprint density at radius 1 is 1.03 bits per heavy atom. The fourth-order valence-corrected chi connectivity index (χ4v) is 4.73. The van der Waals surface area contributed by atoms with E-state index in [9.17, 15) is 9.59 Å². The Hall–Kier alpha value is -4.46. The number of benzene rings is 2. The van der Waals surface area contributed by atoms with E-state index in [-0.39, 0.29) is 11.8 Å². The lowest BCUT2D eigenvalue weighted by atomic mass is 9.98. The Morgan fingerprint density at radius 2 is 1.72 bits per heavy atom. The number of fused-ring (bicyclic) bond motifs is 1. The highest BCUT2D eigenvalue weighted by Gasteiger charge is 2.23. The Labute approximate surface area is 209 Å². The molecule has 0 spiro atoms. The molecule has 1 aliphatic rings. The standard InChI is InChI=1S/C28H28N6O2/c1-17(2)28(36)32-20-11-7-19(8-12-20)25-23(24-26(29)30-16-31-27(24)33(25)3)18-9-13-21(14-10-18)34-15-5-4-6-22(34)35/h7-14,16H,1,4-6,15H2,2-3H3,(H,32,36)(H2,29,30,31). The third-order valence-electron chi connectivity index (χ3n) is 6.59. The summed E-state index contributed by atoms with van der Waals surface area (Å²) in [6.07, 6.45) is 4.01. The normalized spacial score (nSPS) is 13.7. The lowest BCUT2D eigenvalue weighted by Crippen LogP contribution is -2.35. The van der Waals surface area contributed by atoms with E-state index < -0.39 is 0 Å². The summed E-state index contributed by atoms with van der Waals surface area (Å²) >= 11 is 0. The van der Waals surface area contributed by atoms with Crippen molar-refractivity contribution in [2.24, 2.45) is 7.05 Å². The first kappa shape index (κ1) is 23.3. The largest absolute Gasteiger partial charge is 0.383 e. The molecule has 2 aromatic heterocycles. The van der Waals surface area contributed by atoms with Crippen LogP contribution in [-0.2, 0) is 16.6 Å². The fourth-order valence-electron chi connectivity index (χ4n) is 4.73. The Bertz CT molecular complexity index is 1490. The zero-order valence-corrected chi connectivity index (χ0v) is 20.4. The monoisotopic (exact) mass is 480 g/mol. The number of hydrogen-bond acceptors (Lipinski definition) is 5. The minimum absolute atomic E-state index is 0.163. The minimum atomic E-state index is -0.219. The summed E-state index contributed by atoms with van der Waals surface area (Å²) < 4.78 is 2.01. The van der Waals surface area contributed by atoms with Gasteiger partial charge in [-0.3, -0.25) is 9.59 Å². The Kier molecular flexibility index (Phi) is 6.01. The van der Waals surface area contributed by atoms with Gasteiger partial charge < -0.3 is 20.5 Å². The van der Waals surface area contributed by atoms with Crippen molar-refractivity contribution in [3.05, 3.63) is 67.0 Å². The summed E-state index contributed by atoms with van der Waals surface area (Å²) in [5, 5.41) is 3.61. The molecule has 182 valence electrons. The van der Waals surface area contributed by atoms with E-state index in [0.29, 0.717) is 23.5 Å². The summed E-state index contributed by atoms with van der Waals surface area (Å²) in [6, 6.07) is 15.6. The van der Waals surface area contributed by atoms with E-state index in [1.54, 1.807) is 6.92 Å². The zero-order chi connectivity index (χ0) is 25.4. The molecule has 0 aliphatic carbocycles. The van der Waals surface area contributed by atoms with Crippen LogP contribution in [0, 0.1) is 0 Å². The molecule has 0 saturated carbocycles. The molecule has 1 fully saturated rings.